The Morgan fingerprint density at radius 1 is 1.44 bits per heavy atom. The van der Waals surface area contributed by atoms with E-state index in [1.165, 1.54) is 0 Å². The van der Waals surface area contributed by atoms with Crippen LogP contribution in [0.15, 0.2) is 29.0 Å². The molecule has 5 heteroatoms. The van der Waals surface area contributed by atoms with Crippen molar-refractivity contribution < 1.29 is 4.52 Å². The molecule has 0 fully saturated rings. The zero-order chi connectivity index (χ0) is 11.6. The molecule has 0 amide bonds. The van der Waals surface area contributed by atoms with Crippen LogP contribution in [0.2, 0.25) is 0 Å². The van der Waals surface area contributed by atoms with Gasteiger partial charge in [-0.3, -0.25) is 0 Å². The number of nitrogens with zero attached hydrogens (tertiary/aromatic N) is 3. The van der Waals surface area contributed by atoms with Gasteiger partial charge in [0.2, 0.25) is 5.89 Å². The van der Waals surface area contributed by atoms with Crippen molar-refractivity contribution >= 4 is 0 Å². The summed E-state index contributed by atoms with van der Waals surface area (Å²) in [6.45, 7) is 4.45. The lowest BCUT2D eigenvalue weighted by Gasteiger charge is -2.26. The quantitative estimate of drug-likeness (QED) is 0.847. The van der Waals surface area contributed by atoms with Crippen LogP contribution in [0.1, 0.15) is 32.0 Å². The molecule has 0 saturated carbocycles. The van der Waals surface area contributed by atoms with Crippen molar-refractivity contribution in [1.29, 1.82) is 0 Å². The van der Waals surface area contributed by atoms with Gasteiger partial charge in [0.05, 0.1) is 6.54 Å². The first-order valence-electron chi connectivity index (χ1n) is 5.37. The fourth-order valence-corrected chi connectivity index (χ4v) is 1.68. The maximum Gasteiger partial charge on any atom is 0.240 e. The maximum atomic E-state index is 5.46. The molecule has 5 nitrogen and oxygen atoms in total. The Bertz CT molecular complexity index is 448. The van der Waals surface area contributed by atoms with E-state index in [1.54, 1.807) is 0 Å². The van der Waals surface area contributed by atoms with Gasteiger partial charge in [-0.05, 0) is 25.5 Å². The molecule has 0 aliphatic heterocycles. The molecular weight excluding hydrogens is 204 g/mol. The Morgan fingerprint density at radius 2 is 2.12 bits per heavy atom. The van der Waals surface area contributed by atoms with E-state index in [0.29, 0.717) is 11.7 Å². The highest BCUT2D eigenvalue weighted by Crippen LogP contribution is 2.27. The first kappa shape index (κ1) is 10.9. The van der Waals surface area contributed by atoms with Crippen molar-refractivity contribution in [2.75, 3.05) is 0 Å². The smallest absolute Gasteiger partial charge is 0.240 e. The second kappa shape index (κ2) is 4.09. The summed E-state index contributed by atoms with van der Waals surface area (Å²) in [4.78, 5) is 4.30. The van der Waals surface area contributed by atoms with Crippen LogP contribution in [0.25, 0.3) is 0 Å². The first-order chi connectivity index (χ1) is 7.70. The molecule has 0 aliphatic carbocycles. The third-order valence-corrected chi connectivity index (χ3v) is 2.99. The number of nitrogens with two attached hydrogens (primary N) is 1. The van der Waals surface area contributed by atoms with Gasteiger partial charge in [-0.25, -0.2) is 0 Å². The summed E-state index contributed by atoms with van der Waals surface area (Å²) < 4.78 is 7.14. The van der Waals surface area contributed by atoms with Crippen LogP contribution >= 0.6 is 0 Å². The monoisotopic (exact) mass is 220 g/mol. The van der Waals surface area contributed by atoms with Gasteiger partial charge in [0.1, 0.15) is 5.54 Å². The molecule has 2 aromatic heterocycles. The second-order valence-electron chi connectivity index (χ2n) is 3.93. The largest absolute Gasteiger partial charge is 0.341 e. The molecule has 16 heavy (non-hydrogen) atoms. The lowest BCUT2D eigenvalue weighted by atomic mass is 9.98. The molecule has 0 spiro atoms. The maximum absolute atomic E-state index is 5.46. The number of hydrogen-bond donors (Lipinski definition) is 1. The molecule has 0 unspecified atom stereocenters. The van der Waals surface area contributed by atoms with Gasteiger partial charge >= 0.3 is 0 Å². The summed E-state index contributed by atoms with van der Waals surface area (Å²) in [6.07, 6.45) is 4.88. The lowest BCUT2D eigenvalue weighted by Crippen LogP contribution is -2.31. The van der Waals surface area contributed by atoms with E-state index in [2.05, 4.69) is 28.6 Å². The summed E-state index contributed by atoms with van der Waals surface area (Å²) in [6, 6.07) is 3.97. The van der Waals surface area contributed by atoms with Crippen LogP contribution in [-0.2, 0) is 12.1 Å². The normalized spacial score (nSPS) is 14.9. The Labute approximate surface area is 94.3 Å². The van der Waals surface area contributed by atoms with Crippen LogP contribution < -0.4 is 5.73 Å². The Hall–Kier alpha value is -1.62. The standard InChI is InChI=1S/C11H16N4O/c1-3-11(2,15-6-4-5-7-15)10-13-9(8-12)16-14-10/h4-7H,3,8,12H2,1-2H3/t11-/m1/s1. The molecule has 2 heterocycles. The van der Waals surface area contributed by atoms with Gasteiger partial charge in [0.25, 0.3) is 0 Å². The molecule has 2 aromatic rings. The van der Waals surface area contributed by atoms with Crippen LogP contribution in [0.5, 0.6) is 0 Å². The molecule has 0 aromatic carbocycles. The van der Waals surface area contributed by atoms with Crippen LogP contribution in [0.3, 0.4) is 0 Å². The first-order valence-corrected chi connectivity index (χ1v) is 5.37. The minimum Gasteiger partial charge on any atom is -0.341 e. The van der Waals surface area contributed by atoms with Gasteiger partial charge in [-0.15, -0.1) is 0 Å². The average molecular weight is 220 g/mol. The highest BCUT2D eigenvalue weighted by molar-refractivity contribution is 5.09. The number of hydrogen-bond acceptors (Lipinski definition) is 4. The Balaban J connectivity index is 2.41. The van der Waals surface area contributed by atoms with E-state index in [-0.39, 0.29) is 12.1 Å². The number of rotatable bonds is 4. The van der Waals surface area contributed by atoms with Crippen LogP contribution in [0.4, 0.5) is 0 Å². The van der Waals surface area contributed by atoms with Crippen molar-refractivity contribution in [2.24, 2.45) is 5.73 Å². The van der Waals surface area contributed by atoms with Crippen LogP contribution in [-0.4, -0.2) is 14.7 Å². The third kappa shape index (κ3) is 1.63. The van der Waals surface area contributed by atoms with Gasteiger partial charge in [0.15, 0.2) is 5.82 Å². The summed E-state index contributed by atoms with van der Waals surface area (Å²) in [5.41, 5.74) is 5.19. The molecule has 86 valence electrons. The van der Waals surface area contributed by atoms with Gasteiger partial charge < -0.3 is 14.8 Å². The van der Waals surface area contributed by atoms with Gasteiger partial charge in [0, 0.05) is 12.4 Å². The average Bonchev–Trinajstić information content (AvgIpc) is 2.98. The fourth-order valence-electron chi connectivity index (χ4n) is 1.68. The molecule has 0 aliphatic rings. The lowest BCUT2D eigenvalue weighted by molar-refractivity contribution is 0.321. The van der Waals surface area contributed by atoms with E-state index in [0.717, 1.165) is 6.42 Å². The van der Waals surface area contributed by atoms with Crippen molar-refractivity contribution in [2.45, 2.75) is 32.4 Å². The molecule has 0 saturated heterocycles. The Morgan fingerprint density at radius 3 is 2.62 bits per heavy atom. The molecular formula is C11H16N4O. The van der Waals surface area contributed by atoms with Crippen molar-refractivity contribution in [3.8, 4) is 0 Å². The molecule has 2 N–H and O–H groups in total. The third-order valence-electron chi connectivity index (χ3n) is 2.99. The second-order valence-corrected chi connectivity index (χ2v) is 3.93. The highest BCUT2D eigenvalue weighted by Gasteiger charge is 2.31. The molecule has 0 radical (unpaired) electrons. The summed E-state index contributed by atoms with van der Waals surface area (Å²) in [5.74, 6) is 1.15. The summed E-state index contributed by atoms with van der Waals surface area (Å²) in [5, 5.41) is 4.00. The Kier molecular flexibility index (Phi) is 2.78. The van der Waals surface area contributed by atoms with Gasteiger partial charge in [-0.1, -0.05) is 12.1 Å². The summed E-state index contributed by atoms with van der Waals surface area (Å²) in [7, 11) is 0. The fraction of sp³-hybridized carbons (Fsp3) is 0.455. The van der Waals surface area contributed by atoms with Crippen molar-refractivity contribution in [3.63, 3.8) is 0 Å². The van der Waals surface area contributed by atoms with E-state index in [9.17, 15) is 0 Å². The van der Waals surface area contributed by atoms with Gasteiger partial charge in [-0.2, -0.15) is 4.98 Å². The predicted molar refractivity (Wildman–Crippen MR) is 59.7 cm³/mol. The molecule has 1 atom stereocenters. The topological polar surface area (TPSA) is 69.9 Å². The van der Waals surface area contributed by atoms with E-state index >= 15 is 0 Å². The van der Waals surface area contributed by atoms with E-state index < -0.39 is 0 Å². The minimum absolute atomic E-state index is 0.276. The zero-order valence-electron chi connectivity index (χ0n) is 9.55. The minimum atomic E-state index is -0.277. The summed E-state index contributed by atoms with van der Waals surface area (Å²) >= 11 is 0. The van der Waals surface area contributed by atoms with E-state index in [4.69, 9.17) is 10.3 Å². The zero-order valence-corrected chi connectivity index (χ0v) is 9.55. The highest BCUT2D eigenvalue weighted by atomic mass is 16.5. The SMILES string of the molecule is CC[C@](C)(c1noc(CN)n1)n1cccc1. The van der Waals surface area contributed by atoms with E-state index in [1.807, 2.05) is 24.5 Å². The predicted octanol–water partition coefficient (Wildman–Crippen LogP) is 1.50. The molecule has 2 rings (SSSR count). The van der Waals surface area contributed by atoms with Crippen LogP contribution in [0, 0.1) is 0 Å². The van der Waals surface area contributed by atoms with Crippen molar-refractivity contribution in [1.82, 2.24) is 14.7 Å². The molecule has 0 bridgehead atoms. The number of aromatic nitrogens is 3. The van der Waals surface area contributed by atoms with Crippen molar-refractivity contribution in [3.05, 3.63) is 36.2 Å².